The first-order valence-electron chi connectivity index (χ1n) is 8.91. The summed E-state index contributed by atoms with van der Waals surface area (Å²) in [7, 11) is 2.33. The van der Waals surface area contributed by atoms with Gasteiger partial charge in [0.05, 0.1) is 0 Å². The van der Waals surface area contributed by atoms with Gasteiger partial charge in [-0.05, 0) is 63.3 Å². The summed E-state index contributed by atoms with van der Waals surface area (Å²) in [4.78, 5) is 2.64. The van der Waals surface area contributed by atoms with Crippen LogP contribution in [0.2, 0.25) is 0 Å². The van der Waals surface area contributed by atoms with E-state index in [-0.39, 0.29) is 0 Å². The Labute approximate surface area is 124 Å². The predicted molar refractivity (Wildman–Crippen MR) is 84.1 cm³/mol. The van der Waals surface area contributed by atoms with Crippen LogP contribution < -0.4 is 11.3 Å². The van der Waals surface area contributed by atoms with Gasteiger partial charge in [0, 0.05) is 18.1 Å². The Balaban J connectivity index is 1.64. The van der Waals surface area contributed by atoms with E-state index in [1.807, 2.05) is 0 Å². The van der Waals surface area contributed by atoms with Gasteiger partial charge < -0.3 is 4.90 Å². The van der Waals surface area contributed by atoms with E-state index in [9.17, 15) is 0 Å². The van der Waals surface area contributed by atoms with Gasteiger partial charge in [-0.25, -0.2) is 0 Å². The van der Waals surface area contributed by atoms with E-state index < -0.39 is 0 Å². The molecule has 3 rings (SSSR count). The Morgan fingerprint density at radius 3 is 2.35 bits per heavy atom. The zero-order valence-corrected chi connectivity index (χ0v) is 13.4. The molecule has 3 aliphatic rings. The molecule has 3 nitrogen and oxygen atoms in total. The first-order chi connectivity index (χ1) is 9.72. The van der Waals surface area contributed by atoms with Crippen LogP contribution in [0.5, 0.6) is 0 Å². The van der Waals surface area contributed by atoms with E-state index in [4.69, 9.17) is 5.84 Å². The quantitative estimate of drug-likeness (QED) is 0.614. The maximum atomic E-state index is 6.00. The third-order valence-electron chi connectivity index (χ3n) is 6.74. The fraction of sp³-hybridized carbons (Fsp3) is 1.00. The molecule has 3 heteroatoms. The smallest absolute Gasteiger partial charge is 0.0268 e. The summed E-state index contributed by atoms with van der Waals surface area (Å²) in [6.45, 7) is 2.35. The Kier molecular flexibility index (Phi) is 4.68. The topological polar surface area (TPSA) is 41.3 Å². The van der Waals surface area contributed by atoms with E-state index in [1.54, 1.807) is 0 Å². The highest BCUT2D eigenvalue weighted by atomic mass is 15.2. The number of nitrogens with zero attached hydrogens (tertiary/aromatic N) is 1. The van der Waals surface area contributed by atoms with Gasteiger partial charge in [-0.3, -0.25) is 11.3 Å². The second kappa shape index (κ2) is 6.33. The molecule has 2 heterocycles. The number of fused-ring (bicyclic) bond motifs is 2. The van der Waals surface area contributed by atoms with Crippen LogP contribution in [-0.4, -0.2) is 30.1 Å². The summed E-state index contributed by atoms with van der Waals surface area (Å²) in [5, 5.41) is 0. The molecular weight excluding hydrogens is 246 g/mol. The van der Waals surface area contributed by atoms with Gasteiger partial charge in [0.1, 0.15) is 0 Å². The monoisotopic (exact) mass is 279 g/mol. The van der Waals surface area contributed by atoms with Crippen molar-refractivity contribution in [1.29, 1.82) is 0 Å². The van der Waals surface area contributed by atoms with E-state index in [2.05, 4.69) is 24.3 Å². The molecule has 20 heavy (non-hydrogen) atoms. The summed E-state index contributed by atoms with van der Waals surface area (Å²) in [6.07, 6.45) is 12.6. The molecule has 5 atom stereocenters. The van der Waals surface area contributed by atoms with Crippen LogP contribution in [-0.2, 0) is 0 Å². The molecule has 1 saturated carbocycles. The van der Waals surface area contributed by atoms with Crippen molar-refractivity contribution < 1.29 is 0 Å². The molecule has 2 aliphatic heterocycles. The van der Waals surface area contributed by atoms with Crippen molar-refractivity contribution in [1.82, 2.24) is 10.3 Å². The summed E-state index contributed by atoms with van der Waals surface area (Å²) in [5.74, 6) is 8.59. The summed E-state index contributed by atoms with van der Waals surface area (Å²) in [5.41, 5.74) is 3.25. The van der Waals surface area contributed by atoms with Crippen molar-refractivity contribution >= 4 is 0 Å². The van der Waals surface area contributed by atoms with Crippen LogP contribution in [0.3, 0.4) is 0 Å². The minimum Gasteiger partial charge on any atom is -0.300 e. The van der Waals surface area contributed by atoms with E-state index >= 15 is 0 Å². The lowest BCUT2D eigenvalue weighted by Crippen LogP contribution is -2.52. The van der Waals surface area contributed by atoms with Crippen molar-refractivity contribution in [3.8, 4) is 0 Å². The normalized spacial score (nSPS) is 43.6. The van der Waals surface area contributed by atoms with Crippen LogP contribution in [0.4, 0.5) is 0 Å². The van der Waals surface area contributed by atoms with Crippen molar-refractivity contribution in [3.05, 3.63) is 0 Å². The Morgan fingerprint density at radius 1 is 1.05 bits per heavy atom. The predicted octanol–water partition coefficient (Wildman–Crippen LogP) is 2.91. The van der Waals surface area contributed by atoms with Crippen molar-refractivity contribution in [2.45, 2.75) is 82.8 Å². The van der Waals surface area contributed by atoms with Crippen molar-refractivity contribution in [3.63, 3.8) is 0 Å². The number of rotatable bonds is 4. The molecule has 116 valence electrons. The molecule has 2 saturated heterocycles. The van der Waals surface area contributed by atoms with Gasteiger partial charge in [0.25, 0.3) is 0 Å². The van der Waals surface area contributed by atoms with Crippen LogP contribution in [0.1, 0.15) is 64.7 Å². The van der Waals surface area contributed by atoms with E-state index in [1.165, 1.54) is 57.8 Å². The number of hydrogen-bond donors (Lipinski definition) is 2. The number of hydrogen-bond acceptors (Lipinski definition) is 3. The minimum absolute atomic E-state index is 0.571. The third kappa shape index (κ3) is 2.77. The average Bonchev–Trinajstić information content (AvgIpc) is 2.70. The highest BCUT2D eigenvalue weighted by Crippen LogP contribution is 2.42. The Hall–Kier alpha value is -0.120. The van der Waals surface area contributed by atoms with Gasteiger partial charge in [0.15, 0.2) is 0 Å². The zero-order valence-electron chi connectivity index (χ0n) is 13.4. The highest BCUT2D eigenvalue weighted by Gasteiger charge is 2.43. The molecule has 0 aromatic heterocycles. The first kappa shape index (κ1) is 14.8. The molecule has 0 aromatic carbocycles. The molecule has 5 unspecified atom stereocenters. The minimum atomic E-state index is 0.571. The third-order valence-corrected chi connectivity index (χ3v) is 6.74. The molecule has 1 aliphatic carbocycles. The van der Waals surface area contributed by atoms with Gasteiger partial charge >= 0.3 is 0 Å². The van der Waals surface area contributed by atoms with Gasteiger partial charge in [0.2, 0.25) is 0 Å². The molecule has 0 spiro atoms. The highest BCUT2D eigenvalue weighted by molar-refractivity contribution is 4.98. The van der Waals surface area contributed by atoms with E-state index in [0.29, 0.717) is 6.04 Å². The van der Waals surface area contributed by atoms with Gasteiger partial charge in [-0.1, -0.05) is 26.2 Å². The SMILES string of the molecule is CCC1CCCC(C(NN)C2CC3CCC(C2)N3C)C1. The average molecular weight is 279 g/mol. The van der Waals surface area contributed by atoms with Crippen molar-refractivity contribution in [2.24, 2.45) is 23.6 Å². The van der Waals surface area contributed by atoms with Crippen LogP contribution in [0.25, 0.3) is 0 Å². The maximum absolute atomic E-state index is 6.00. The number of hydrazine groups is 1. The summed E-state index contributed by atoms with van der Waals surface area (Å²) in [6, 6.07) is 2.24. The molecule has 0 radical (unpaired) electrons. The number of nitrogens with one attached hydrogen (secondary N) is 1. The lowest BCUT2D eigenvalue weighted by molar-refractivity contribution is 0.0790. The Morgan fingerprint density at radius 2 is 1.75 bits per heavy atom. The van der Waals surface area contributed by atoms with Crippen molar-refractivity contribution in [2.75, 3.05) is 7.05 Å². The molecular formula is C17H33N3. The first-order valence-corrected chi connectivity index (χ1v) is 8.91. The van der Waals surface area contributed by atoms with Gasteiger partial charge in [-0.15, -0.1) is 0 Å². The lowest BCUT2D eigenvalue weighted by atomic mass is 9.71. The fourth-order valence-corrected chi connectivity index (χ4v) is 5.43. The Bertz CT molecular complexity index is 305. The zero-order chi connectivity index (χ0) is 14.1. The summed E-state index contributed by atoms with van der Waals surface area (Å²) < 4.78 is 0. The maximum Gasteiger partial charge on any atom is 0.0268 e. The van der Waals surface area contributed by atoms with Crippen LogP contribution in [0.15, 0.2) is 0 Å². The molecule has 2 bridgehead atoms. The second-order valence-electron chi connectivity index (χ2n) is 7.68. The number of piperidine rings is 1. The number of nitrogens with two attached hydrogens (primary N) is 1. The lowest BCUT2D eigenvalue weighted by Gasteiger charge is -2.44. The van der Waals surface area contributed by atoms with Crippen LogP contribution >= 0.6 is 0 Å². The van der Waals surface area contributed by atoms with E-state index in [0.717, 1.165) is 29.8 Å². The standard InChI is InChI=1S/C17H33N3/c1-3-12-5-4-6-13(9-12)17(19-18)14-10-15-7-8-16(11-14)20(15)2/h12-17,19H,3-11,18H2,1-2H3. The second-order valence-corrected chi connectivity index (χ2v) is 7.68. The molecule has 0 amide bonds. The molecule has 0 aromatic rings. The fourth-order valence-electron chi connectivity index (χ4n) is 5.43. The summed E-state index contributed by atoms with van der Waals surface area (Å²) >= 11 is 0. The largest absolute Gasteiger partial charge is 0.300 e. The molecule has 3 fully saturated rings. The van der Waals surface area contributed by atoms with Gasteiger partial charge in [-0.2, -0.15) is 0 Å². The molecule has 3 N–H and O–H groups in total. The van der Waals surface area contributed by atoms with Crippen LogP contribution in [0, 0.1) is 17.8 Å².